The number of methoxy groups -OCH3 is 1. The van der Waals surface area contributed by atoms with Gasteiger partial charge in [0, 0.05) is 30.8 Å². The molecule has 1 saturated carbocycles. The molecule has 0 spiro atoms. The highest BCUT2D eigenvalue weighted by Crippen LogP contribution is 2.21. The molecule has 0 bridgehead atoms. The maximum atomic E-state index is 11.9. The molecule has 24 heavy (non-hydrogen) atoms. The fourth-order valence-corrected chi connectivity index (χ4v) is 2.87. The Balaban J connectivity index is 1.70. The quantitative estimate of drug-likeness (QED) is 0.749. The summed E-state index contributed by atoms with van der Waals surface area (Å²) in [7, 11) is 1.58. The molecule has 0 heterocycles. The number of rotatable bonds is 6. The predicted molar refractivity (Wildman–Crippen MR) is 94.4 cm³/mol. The molecule has 0 aromatic heterocycles. The summed E-state index contributed by atoms with van der Waals surface area (Å²) in [6.07, 6.45) is 6.05. The molecule has 0 saturated heterocycles. The summed E-state index contributed by atoms with van der Waals surface area (Å²) in [4.78, 5) is 23.8. The number of carbonyl (C=O) groups is 2. The molecule has 0 radical (unpaired) electrons. The van der Waals surface area contributed by atoms with Crippen molar-refractivity contribution in [2.24, 2.45) is 0 Å². The van der Waals surface area contributed by atoms with E-state index in [0.29, 0.717) is 30.4 Å². The third kappa shape index (κ3) is 5.76. The maximum absolute atomic E-state index is 11.9. The van der Waals surface area contributed by atoms with Crippen LogP contribution in [0.1, 0.15) is 44.1 Å². The van der Waals surface area contributed by atoms with E-state index in [2.05, 4.69) is 16.0 Å². The number of aryl methyl sites for hydroxylation is 1. The van der Waals surface area contributed by atoms with Gasteiger partial charge in [0.15, 0.2) is 0 Å². The Bertz CT molecular complexity index is 569. The number of anilines is 1. The van der Waals surface area contributed by atoms with Crippen molar-refractivity contribution in [1.29, 1.82) is 0 Å². The Hall–Kier alpha value is -2.24. The monoisotopic (exact) mass is 333 g/mol. The first-order valence-corrected chi connectivity index (χ1v) is 8.57. The predicted octanol–water partition coefficient (Wildman–Crippen LogP) is 2.96. The standard InChI is InChI=1S/C18H27N3O3/c1-13-8-9-15(24-2)12-16(13)21-18(23)19-11-10-17(22)20-14-6-4-3-5-7-14/h8-9,12,14H,3-7,10-11H2,1-2H3,(H,20,22)(H2,19,21,23). The minimum Gasteiger partial charge on any atom is -0.497 e. The van der Waals surface area contributed by atoms with Crippen molar-refractivity contribution in [3.8, 4) is 5.75 Å². The van der Waals surface area contributed by atoms with Gasteiger partial charge in [-0.05, 0) is 31.4 Å². The third-order valence-electron chi connectivity index (χ3n) is 4.30. The van der Waals surface area contributed by atoms with Crippen molar-refractivity contribution >= 4 is 17.6 Å². The van der Waals surface area contributed by atoms with Crippen LogP contribution in [0, 0.1) is 6.92 Å². The van der Waals surface area contributed by atoms with Crippen LogP contribution >= 0.6 is 0 Å². The minimum atomic E-state index is -0.322. The fraction of sp³-hybridized carbons (Fsp3) is 0.556. The Labute approximate surface area is 143 Å². The van der Waals surface area contributed by atoms with Crippen LogP contribution < -0.4 is 20.7 Å². The van der Waals surface area contributed by atoms with Crippen LogP contribution in [0.4, 0.5) is 10.5 Å². The Kier molecular flexibility index (Phi) is 6.90. The molecule has 1 aliphatic carbocycles. The van der Waals surface area contributed by atoms with E-state index in [4.69, 9.17) is 4.74 Å². The Morgan fingerprint density at radius 2 is 1.96 bits per heavy atom. The number of amides is 3. The minimum absolute atomic E-state index is 0.000221. The van der Waals surface area contributed by atoms with Crippen LogP contribution in [-0.4, -0.2) is 31.6 Å². The van der Waals surface area contributed by atoms with Crippen molar-refractivity contribution < 1.29 is 14.3 Å². The molecule has 0 unspecified atom stereocenters. The number of hydrogen-bond acceptors (Lipinski definition) is 3. The van der Waals surface area contributed by atoms with E-state index in [9.17, 15) is 9.59 Å². The molecule has 1 fully saturated rings. The van der Waals surface area contributed by atoms with E-state index in [-0.39, 0.29) is 11.9 Å². The molecule has 1 aromatic carbocycles. The number of nitrogens with one attached hydrogen (secondary N) is 3. The zero-order valence-corrected chi connectivity index (χ0v) is 14.5. The molecule has 0 aliphatic heterocycles. The molecule has 132 valence electrons. The van der Waals surface area contributed by atoms with Gasteiger partial charge in [0.2, 0.25) is 5.91 Å². The molecule has 1 aliphatic rings. The van der Waals surface area contributed by atoms with Crippen molar-refractivity contribution in [3.05, 3.63) is 23.8 Å². The SMILES string of the molecule is COc1ccc(C)c(NC(=O)NCCC(=O)NC2CCCCC2)c1. The lowest BCUT2D eigenvalue weighted by Gasteiger charge is -2.22. The summed E-state index contributed by atoms with van der Waals surface area (Å²) in [6.45, 7) is 2.22. The second-order valence-electron chi connectivity index (χ2n) is 6.21. The molecule has 6 nitrogen and oxygen atoms in total. The highest BCUT2D eigenvalue weighted by Gasteiger charge is 2.15. The smallest absolute Gasteiger partial charge is 0.319 e. The summed E-state index contributed by atoms with van der Waals surface area (Å²) >= 11 is 0. The number of ether oxygens (including phenoxy) is 1. The summed E-state index contributed by atoms with van der Waals surface area (Å²) in [5, 5.41) is 8.53. The topological polar surface area (TPSA) is 79.5 Å². The first-order chi connectivity index (χ1) is 11.6. The molecule has 2 rings (SSSR count). The van der Waals surface area contributed by atoms with Crippen LogP contribution in [-0.2, 0) is 4.79 Å². The zero-order valence-electron chi connectivity index (χ0n) is 14.5. The van der Waals surface area contributed by atoms with Crippen molar-refractivity contribution in [1.82, 2.24) is 10.6 Å². The van der Waals surface area contributed by atoms with Crippen LogP contribution in [0.25, 0.3) is 0 Å². The molecule has 3 amide bonds. The second kappa shape index (κ2) is 9.15. The summed E-state index contributed by atoms with van der Waals surface area (Å²) in [5.74, 6) is 0.683. The van der Waals surface area contributed by atoms with Gasteiger partial charge in [-0.15, -0.1) is 0 Å². The largest absolute Gasteiger partial charge is 0.497 e. The summed E-state index contributed by atoms with van der Waals surface area (Å²) in [6, 6.07) is 5.47. The summed E-state index contributed by atoms with van der Waals surface area (Å²) in [5.41, 5.74) is 1.64. The molecular weight excluding hydrogens is 306 g/mol. The van der Waals surface area contributed by atoms with Crippen LogP contribution in [0.2, 0.25) is 0 Å². The second-order valence-corrected chi connectivity index (χ2v) is 6.21. The lowest BCUT2D eigenvalue weighted by atomic mass is 9.95. The van der Waals surface area contributed by atoms with Crippen molar-refractivity contribution in [3.63, 3.8) is 0 Å². The maximum Gasteiger partial charge on any atom is 0.319 e. The van der Waals surface area contributed by atoms with E-state index in [1.165, 1.54) is 19.3 Å². The van der Waals surface area contributed by atoms with Crippen LogP contribution in [0.5, 0.6) is 5.75 Å². The molecule has 1 aromatic rings. The van der Waals surface area contributed by atoms with E-state index in [1.807, 2.05) is 19.1 Å². The van der Waals surface area contributed by atoms with Gasteiger partial charge in [0.1, 0.15) is 5.75 Å². The van der Waals surface area contributed by atoms with Crippen LogP contribution in [0.3, 0.4) is 0 Å². The van der Waals surface area contributed by atoms with Crippen molar-refractivity contribution in [2.75, 3.05) is 19.0 Å². The number of carbonyl (C=O) groups excluding carboxylic acids is 2. The van der Waals surface area contributed by atoms with Gasteiger partial charge in [0.25, 0.3) is 0 Å². The first-order valence-electron chi connectivity index (χ1n) is 8.57. The highest BCUT2D eigenvalue weighted by atomic mass is 16.5. The lowest BCUT2D eigenvalue weighted by Crippen LogP contribution is -2.38. The van der Waals surface area contributed by atoms with Gasteiger partial charge in [-0.2, -0.15) is 0 Å². The van der Waals surface area contributed by atoms with Gasteiger partial charge in [-0.1, -0.05) is 25.3 Å². The zero-order chi connectivity index (χ0) is 17.4. The molecule has 0 atom stereocenters. The van der Waals surface area contributed by atoms with Gasteiger partial charge in [-0.25, -0.2) is 4.79 Å². The van der Waals surface area contributed by atoms with E-state index in [1.54, 1.807) is 13.2 Å². The first kappa shape index (κ1) is 18.1. The van der Waals surface area contributed by atoms with E-state index in [0.717, 1.165) is 18.4 Å². The van der Waals surface area contributed by atoms with E-state index < -0.39 is 0 Å². The molecule has 6 heteroatoms. The number of urea groups is 1. The lowest BCUT2D eigenvalue weighted by molar-refractivity contribution is -0.121. The number of benzene rings is 1. The third-order valence-corrected chi connectivity index (χ3v) is 4.30. The van der Waals surface area contributed by atoms with Gasteiger partial charge >= 0.3 is 6.03 Å². The molecular formula is C18H27N3O3. The molecule has 3 N–H and O–H groups in total. The normalized spacial score (nSPS) is 14.8. The fourth-order valence-electron chi connectivity index (χ4n) is 2.87. The van der Waals surface area contributed by atoms with Crippen LogP contribution in [0.15, 0.2) is 18.2 Å². The van der Waals surface area contributed by atoms with E-state index >= 15 is 0 Å². The van der Waals surface area contributed by atoms with Gasteiger partial charge in [0.05, 0.1) is 7.11 Å². The number of hydrogen-bond donors (Lipinski definition) is 3. The average molecular weight is 333 g/mol. The summed E-state index contributed by atoms with van der Waals surface area (Å²) < 4.78 is 5.15. The van der Waals surface area contributed by atoms with Gasteiger partial charge in [-0.3, -0.25) is 4.79 Å². The van der Waals surface area contributed by atoms with Crippen molar-refractivity contribution in [2.45, 2.75) is 51.5 Å². The highest BCUT2D eigenvalue weighted by molar-refractivity contribution is 5.90. The Morgan fingerprint density at radius 3 is 2.67 bits per heavy atom. The Morgan fingerprint density at radius 1 is 1.21 bits per heavy atom. The average Bonchev–Trinajstić information content (AvgIpc) is 2.57. The van der Waals surface area contributed by atoms with Gasteiger partial charge < -0.3 is 20.7 Å².